The zero-order valence-electron chi connectivity index (χ0n) is 21.5. The van der Waals surface area contributed by atoms with Crippen LogP contribution in [-0.2, 0) is 0 Å². The third-order valence-electron chi connectivity index (χ3n) is 7.21. The molecule has 2 atom stereocenters. The van der Waals surface area contributed by atoms with Gasteiger partial charge in [-0.25, -0.2) is 4.39 Å². The molecule has 0 fully saturated rings. The zero-order chi connectivity index (χ0) is 25.9. The van der Waals surface area contributed by atoms with E-state index in [-0.39, 0.29) is 23.4 Å². The number of Topliss-reactive ketones (excluding diaryl/α,β-unsaturated/α-hetero) is 1. The lowest BCUT2D eigenvalue weighted by Gasteiger charge is -2.21. The summed E-state index contributed by atoms with van der Waals surface area (Å²) in [5, 5.41) is 0. The minimum Gasteiger partial charge on any atom is -0.493 e. The van der Waals surface area contributed by atoms with Crippen LogP contribution in [0.15, 0.2) is 102 Å². The number of benzene rings is 3. The predicted molar refractivity (Wildman–Crippen MR) is 145 cm³/mol. The highest BCUT2D eigenvalue weighted by Gasteiger charge is 2.35. The van der Waals surface area contributed by atoms with Crippen LogP contribution < -0.4 is 9.47 Å². The highest BCUT2D eigenvalue weighted by atomic mass is 19.1. The van der Waals surface area contributed by atoms with Crippen LogP contribution in [-0.4, -0.2) is 19.5 Å². The number of ketones is 1. The Morgan fingerprint density at radius 3 is 2.51 bits per heavy atom. The first-order chi connectivity index (χ1) is 17.9. The average Bonchev–Trinajstić information content (AvgIpc) is 3.53. The van der Waals surface area contributed by atoms with Crippen molar-refractivity contribution < 1.29 is 18.7 Å². The van der Waals surface area contributed by atoms with E-state index >= 15 is 0 Å². The fourth-order valence-electron chi connectivity index (χ4n) is 5.35. The largest absolute Gasteiger partial charge is 0.493 e. The molecular formula is C33H31FO3. The monoisotopic (exact) mass is 494 g/mol. The van der Waals surface area contributed by atoms with Crippen molar-refractivity contribution in [2.45, 2.75) is 38.5 Å². The molecule has 5 rings (SSSR count). The zero-order valence-corrected chi connectivity index (χ0v) is 21.5. The summed E-state index contributed by atoms with van der Waals surface area (Å²) >= 11 is 0. The lowest BCUT2D eigenvalue weighted by molar-refractivity contribution is 0.102. The summed E-state index contributed by atoms with van der Waals surface area (Å²) in [5.74, 6) is 0.853. The lowest BCUT2D eigenvalue weighted by atomic mass is 9.86. The summed E-state index contributed by atoms with van der Waals surface area (Å²) in [6, 6.07) is 20.1. The maximum atomic E-state index is 13.8. The van der Waals surface area contributed by atoms with Gasteiger partial charge in [0.15, 0.2) is 17.3 Å². The van der Waals surface area contributed by atoms with Crippen molar-refractivity contribution in [2.75, 3.05) is 13.7 Å². The van der Waals surface area contributed by atoms with Crippen LogP contribution in [0.25, 0.3) is 0 Å². The number of halogens is 1. The third kappa shape index (κ3) is 5.29. The van der Waals surface area contributed by atoms with Gasteiger partial charge in [-0.2, -0.15) is 0 Å². The molecule has 0 saturated heterocycles. The van der Waals surface area contributed by atoms with Crippen LogP contribution in [0.1, 0.15) is 58.6 Å². The number of allylic oxidation sites excluding steroid dienone is 5. The third-order valence-corrected chi connectivity index (χ3v) is 7.21. The molecule has 0 heterocycles. The normalized spacial score (nSPS) is 18.8. The van der Waals surface area contributed by atoms with Gasteiger partial charge in [0.25, 0.3) is 0 Å². The number of methoxy groups -OCH3 is 1. The van der Waals surface area contributed by atoms with Crippen molar-refractivity contribution in [3.8, 4) is 11.5 Å². The fraction of sp³-hybridized carbons (Fsp3) is 0.242. The molecule has 188 valence electrons. The van der Waals surface area contributed by atoms with E-state index in [0.717, 1.165) is 28.7 Å². The molecule has 0 amide bonds. The van der Waals surface area contributed by atoms with E-state index in [2.05, 4.69) is 19.1 Å². The molecule has 3 aromatic carbocycles. The summed E-state index contributed by atoms with van der Waals surface area (Å²) in [5.41, 5.74) is 6.81. The number of para-hydroxylation sites is 1. The van der Waals surface area contributed by atoms with Crippen LogP contribution in [0.2, 0.25) is 0 Å². The minimum atomic E-state index is -0.271. The number of carbonyl (C=O) groups excluding carboxylic acids is 1. The standard InChI is InChI=1S/C33H31FO3/c1-21-6-4-7-25(17-21)32(35)30-19-26(24-12-14-27(34)15-13-24)18-29(30)28-8-5-9-31(33(28)36-3)37-20-23-11-10-22(2)16-23/h4-10,12-17,19,26,29H,11,18,20H2,1-3H3. The van der Waals surface area contributed by atoms with E-state index < -0.39 is 0 Å². The van der Waals surface area contributed by atoms with Crippen LogP contribution in [0.4, 0.5) is 4.39 Å². The highest BCUT2D eigenvalue weighted by molar-refractivity contribution is 6.10. The lowest BCUT2D eigenvalue weighted by Crippen LogP contribution is -2.11. The Morgan fingerprint density at radius 1 is 1.03 bits per heavy atom. The van der Waals surface area contributed by atoms with Gasteiger partial charge in [0, 0.05) is 28.5 Å². The van der Waals surface area contributed by atoms with Crippen molar-refractivity contribution in [3.05, 3.63) is 130 Å². The molecule has 0 spiro atoms. The molecule has 3 aromatic rings. The van der Waals surface area contributed by atoms with E-state index in [1.165, 1.54) is 23.3 Å². The van der Waals surface area contributed by atoms with Crippen LogP contribution in [0.5, 0.6) is 11.5 Å². The van der Waals surface area contributed by atoms with Crippen LogP contribution in [0, 0.1) is 12.7 Å². The van der Waals surface area contributed by atoms with Gasteiger partial charge in [-0.15, -0.1) is 0 Å². The summed E-state index contributed by atoms with van der Waals surface area (Å²) in [6.45, 7) is 4.56. The maximum absolute atomic E-state index is 13.8. The SMILES string of the molecule is COc1c(OCC2=CC(C)=CC2)cccc1C1CC(c2ccc(F)cc2)C=C1C(=O)c1cccc(C)c1. The second-order valence-electron chi connectivity index (χ2n) is 9.89. The molecule has 0 radical (unpaired) electrons. The van der Waals surface area contributed by atoms with Gasteiger partial charge in [0.05, 0.1) is 7.11 Å². The molecule has 0 saturated carbocycles. The molecule has 0 aliphatic heterocycles. The number of aryl methyl sites for hydroxylation is 1. The molecule has 2 aliphatic carbocycles. The average molecular weight is 495 g/mol. The van der Waals surface area contributed by atoms with Gasteiger partial charge < -0.3 is 9.47 Å². The van der Waals surface area contributed by atoms with Crippen molar-refractivity contribution in [1.82, 2.24) is 0 Å². The second kappa shape index (κ2) is 10.6. The van der Waals surface area contributed by atoms with Crippen molar-refractivity contribution in [3.63, 3.8) is 0 Å². The van der Waals surface area contributed by atoms with Crippen LogP contribution >= 0.6 is 0 Å². The Balaban J connectivity index is 1.51. The van der Waals surface area contributed by atoms with Crippen molar-refractivity contribution in [1.29, 1.82) is 0 Å². The van der Waals surface area contributed by atoms with Gasteiger partial charge in [-0.3, -0.25) is 4.79 Å². The summed E-state index contributed by atoms with van der Waals surface area (Å²) < 4.78 is 25.7. The van der Waals surface area contributed by atoms with Crippen molar-refractivity contribution >= 4 is 5.78 Å². The molecule has 0 bridgehead atoms. The van der Waals surface area contributed by atoms with Crippen molar-refractivity contribution in [2.24, 2.45) is 0 Å². The van der Waals surface area contributed by atoms with Crippen LogP contribution in [0.3, 0.4) is 0 Å². The molecule has 37 heavy (non-hydrogen) atoms. The molecule has 0 N–H and O–H groups in total. The smallest absolute Gasteiger partial charge is 0.189 e. The van der Waals surface area contributed by atoms with Gasteiger partial charge >= 0.3 is 0 Å². The van der Waals surface area contributed by atoms with Gasteiger partial charge in [0.2, 0.25) is 0 Å². The van der Waals surface area contributed by atoms with E-state index in [1.54, 1.807) is 19.2 Å². The molecule has 2 unspecified atom stereocenters. The first-order valence-electron chi connectivity index (χ1n) is 12.7. The molecule has 0 aromatic heterocycles. The number of rotatable bonds is 8. The molecule has 4 heteroatoms. The highest BCUT2D eigenvalue weighted by Crippen LogP contribution is 2.48. The number of ether oxygens (including phenoxy) is 2. The second-order valence-corrected chi connectivity index (χ2v) is 9.89. The topological polar surface area (TPSA) is 35.5 Å². The van der Waals surface area contributed by atoms with E-state index in [9.17, 15) is 9.18 Å². The molecular weight excluding hydrogens is 463 g/mol. The van der Waals surface area contributed by atoms with E-state index in [4.69, 9.17) is 9.47 Å². The Hall–Kier alpha value is -3.92. The number of hydrogen-bond acceptors (Lipinski definition) is 3. The molecule has 3 nitrogen and oxygen atoms in total. The van der Waals surface area contributed by atoms with Gasteiger partial charge in [-0.1, -0.05) is 71.8 Å². The first-order valence-corrected chi connectivity index (χ1v) is 12.7. The summed E-state index contributed by atoms with van der Waals surface area (Å²) in [6.07, 6.45) is 7.98. The Kier molecular flexibility index (Phi) is 7.09. The number of carbonyl (C=O) groups is 1. The van der Waals surface area contributed by atoms with E-state index in [1.807, 2.05) is 55.5 Å². The number of hydrogen-bond donors (Lipinski definition) is 0. The van der Waals surface area contributed by atoms with Gasteiger partial charge in [0.1, 0.15) is 12.4 Å². The van der Waals surface area contributed by atoms with E-state index in [0.29, 0.717) is 30.1 Å². The minimum absolute atomic E-state index is 0.00402. The molecule has 2 aliphatic rings. The predicted octanol–water partition coefficient (Wildman–Crippen LogP) is 7.88. The maximum Gasteiger partial charge on any atom is 0.189 e. The fourth-order valence-corrected chi connectivity index (χ4v) is 5.35. The first kappa shape index (κ1) is 24.8. The Bertz CT molecular complexity index is 1410. The Morgan fingerprint density at radius 2 is 1.81 bits per heavy atom. The quantitative estimate of drug-likeness (QED) is 0.299. The summed E-state index contributed by atoms with van der Waals surface area (Å²) in [7, 11) is 1.64. The summed E-state index contributed by atoms with van der Waals surface area (Å²) in [4.78, 5) is 13.8. The van der Waals surface area contributed by atoms with Gasteiger partial charge in [-0.05, 0) is 62.1 Å². The Labute approximate surface area is 217 Å².